The lowest BCUT2D eigenvalue weighted by Crippen LogP contribution is -2.65. The van der Waals surface area contributed by atoms with Gasteiger partial charge >= 0.3 is 7.12 Å². The molecule has 44 heavy (non-hydrogen) atoms. The molecule has 1 aromatic rings. The van der Waals surface area contributed by atoms with E-state index in [1.807, 2.05) is 0 Å². The number of guanidine groups is 1. The third-order valence-electron chi connectivity index (χ3n) is 9.36. The lowest BCUT2D eigenvalue weighted by molar-refractivity contribution is -0.525. The zero-order chi connectivity index (χ0) is 32.2. The first-order valence-electron chi connectivity index (χ1n) is 15.2. The molecule has 0 spiro atoms. The van der Waals surface area contributed by atoms with Gasteiger partial charge in [0.25, 0.3) is 11.9 Å². The molecule has 13 nitrogen and oxygen atoms in total. The number of hydrazine groups is 1. The molecule has 0 radical (unpaired) electrons. The van der Waals surface area contributed by atoms with Crippen molar-refractivity contribution < 1.29 is 28.7 Å². The van der Waals surface area contributed by atoms with E-state index in [2.05, 4.69) is 66.5 Å². The molecule has 0 unspecified atom stereocenters. The highest BCUT2D eigenvalue weighted by atomic mass is 79.9. The van der Waals surface area contributed by atoms with Gasteiger partial charge in [-0.05, 0) is 86.5 Å². The Hall–Kier alpha value is -2.91. The second kappa shape index (κ2) is 14.0. The normalized spacial score (nSPS) is 26.1. The van der Waals surface area contributed by atoms with Crippen molar-refractivity contribution in [2.45, 2.75) is 90.4 Å². The maximum atomic E-state index is 13.7. The number of nitrogens with zero attached hydrogens (tertiary/aromatic N) is 1. The van der Waals surface area contributed by atoms with Crippen molar-refractivity contribution in [3.8, 4) is 5.75 Å². The largest absolute Gasteiger partial charge is 0.484 e. The Kier molecular flexibility index (Phi) is 10.8. The number of hydrogen-bond acceptors (Lipinski definition) is 8. The number of rotatable bonds is 14. The molecule has 5 N–H and O–H groups in total. The fourth-order valence-electron chi connectivity index (χ4n) is 6.94. The SMILES string of the molecule is CC(C)C[C@H](NC(=O)[C@H](CCCNC(=N)N[N+](=O)[O-])NC(=O)COc1ccc(Br)cc1)B1O[C@@H]2C[C@@H]3C[C@@H](C3(C)C)[C@]2(C)O1. The van der Waals surface area contributed by atoms with Gasteiger partial charge in [0.05, 0.1) is 17.6 Å². The van der Waals surface area contributed by atoms with Crippen molar-refractivity contribution in [1.82, 2.24) is 21.4 Å². The minimum atomic E-state index is -0.920. The Bertz CT molecular complexity index is 1220. The Morgan fingerprint density at radius 1 is 1.20 bits per heavy atom. The number of carbonyl (C=O) groups is 2. The molecule has 15 heteroatoms. The predicted molar refractivity (Wildman–Crippen MR) is 168 cm³/mol. The van der Waals surface area contributed by atoms with Gasteiger partial charge in [-0.15, -0.1) is 0 Å². The number of benzene rings is 1. The molecule has 6 atom stereocenters. The van der Waals surface area contributed by atoms with Crippen LogP contribution in [0.3, 0.4) is 0 Å². The average Bonchev–Trinajstić information content (AvgIpc) is 3.30. The molecule has 4 fully saturated rings. The molecule has 1 aromatic carbocycles. The molecule has 2 bridgehead atoms. The van der Waals surface area contributed by atoms with E-state index in [-0.39, 0.29) is 42.9 Å². The summed E-state index contributed by atoms with van der Waals surface area (Å²) in [5.74, 6) is -0.0284. The summed E-state index contributed by atoms with van der Waals surface area (Å²) >= 11 is 3.36. The highest BCUT2D eigenvalue weighted by Crippen LogP contribution is 2.65. The van der Waals surface area contributed by atoms with Crippen LogP contribution in [-0.2, 0) is 18.9 Å². The van der Waals surface area contributed by atoms with E-state index in [1.165, 1.54) is 0 Å². The van der Waals surface area contributed by atoms with Gasteiger partial charge < -0.3 is 30.0 Å². The van der Waals surface area contributed by atoms with E-state index in [0.29, 0.717) is 30.4 Å². The minimum Gasteiger partial charge on any atom is -0.484 e. The molecule has 3 saturated carbocycles. The minimum absolute atomic E-state index is 0.0312. The van der Waals surface area contributed by atoms with Crippen LogP contribution in [0, 0.1) is 38.7 Å². The zero-order valence-electron chi connectivity index (χ0n) is 26.0. The Labute approximate surface area is 267 Å². The van der Waals surface area contributed by atoms with Crippen molar-refractivity contribution in [2.75, 3.05) is 13.2 Å². The van der Waals surface area contributed by atoms with Gasteiger partial charge in [-0.2, -0.15) is 0 Å². The Morgan fingerprint density at radius 3 is 2.55 bits per heavy atom. The molecule has 5 rings (SSSR count). The molecule has 2 amide bonds. The summed E-state index contributed by atoms with van der Waals surface area (Å²) in [7, 11) is -0.612. The third-order valence-corrected chi connectivity index (χ3v) is 9.89. The van der Waals surface area contributed by atoms with Gasteiger partial charge in [-0.3, -0.25) is 15.0 Å². The molecule has 1 aliphatic heterocycles. The quantitative estimate of drug-likeness (QED) is 0.0494. The molecule has 242 valence electrons. The molecule has 4 aliphatic rings. The monoisotopic (exact) mass is 678 g/mol. The van der Waals surface area contributed by atoms with Crippen molar-refractivity contribution in [3.05, 3.63) is 38.9 Å². The molecular formula is C29H44BBrN6O7. The van der Waals surface area contributed by atoms with Crippen LogP contribution in [0.2, 0.25) is 0 Å². The van der Waals surface area contributed by atoms with Gasteiger partial charge in [0.15, 0.2) is 11.6 Å². The van der Waals surface area contributed by atoms with E-state index in [1.54, 1.807) is 29.7 Å². The molecule has 0 aromatic heterocycles. The number of hydrogen-bond donors (Lipinski definition) is 5. The van der Waals surface area contributed by atoms with Crippen molar-refractivity contribution in [3.63, 3.8) is 0 Å². The molecule has 1 saturated heterocycles. The lowest BCUT2D eigenvalue weighted by Gasteiger charge is -2.64. The van der Waals surface area contributed by atoms with Gasteiger partial charge in [-0.1, -0.05) is 49.1 Å². The number of ether oxygens (including phenoxy) is 1. The number of amides is 2. The van der Waals surface area contributed by atoms with Crippen LogP contribution in [0.4, 0.5) is 0 Å². The van der Waals surface area contributed by atoms with E-state index in [4.69, 9.17) is 19.5 Å². The molecule has 3 aliphatic carbocycles. The van der Waals surface area contributed by atoms with Crippen molar-refractivity contribution in [1.29, 1.82) is 5.41 Å². The summed E-state index contributed by atoms with van der Waals surface area (Å²) in [6.07, 6.45) is 3.20. The van der Waals surface area contributed by atoms with Gasteiger partial charge in [0, 0.05) is 11.0 Å². The number of nitro groups is 1. The van der Waals surface area contributed by atoms with Crippen LogP contribution in [0.15, 0.2) is 28.7 Å². The first kappa shape index (κ1) is 34.0. The number of halogens is 1. The van der Waals surface area contributed by atoms with Crippen LogP contribution in [0.1, 0.15) is 66.7 Å². The standard InChI is InChI=1S/C29H44BBrN6O7/c1-17(2)13-24(30-43-23-15-18-14-22(28(18,3)4)29(23,5)44-30)35-26(39)21(7-6-12-33-27(32)36-37(40)41)34-25(38)16-42-20-10-8-19(31)9-11-20/h8-11,17-18,21-24H,6-7,12-16H2,1-5H3,(H,34,38)(H,35,39)(H3,32,33,36)/t18-,21-,22-,23+,24-,29-/m0/s1. The van der Waals surface area contributed by atoms with Crippen molar-refractivity contribution in [2.24, 2.45) is 23.2 Å². The number of carbonyl (C=O) groups excluding carboxylic acids is 2. The Morgan fingerprint density at radius 2 is 1.91 bits per heavy atom. The maximum Gasteiger partial charge on any atom is 0.481 e. The highest BCUT2D eigenvalue weighted by molar-refractivity contribution is 9.10. The average molecular weight is 679 g/mol. The second-order valence-electron chi connectivity index (χ2n) is 13.3. The van der Waals surface area contributed by atoms with Gasteiger partial charge in [0.2, 0.25) is 5.91 Å². The Balaban J connectivity index is 1.41. The van der Waals surface area contributed by atoms with E-state index in [9.17, 15) is 19.7 Å². The first-order valence-corrected chi connectivity index (χ1v) is 16.0. The van der Waals surface area contributed by atoms with Crippen LogP contribution >= 0.6 is 15.9 Å². The lowest BCUT2D eigenvalue weighted by atomic mass is 9.43. The zero-order valence-corrected chi connectivity index (χ0v) is 27.6. The smallest absolute Gasteiger partial charge is 0.481 e. The topological polar surface area (TPSA) is 177 Å². The van der Waals surface area contributed by atoms with Crippen molar-refractivity contribution >= 4 is 40.8 Å². The van der Waals surface area contributed by atoms with Crippen LogP contribution < -0.4 is 26.1 Å². The highest BCUT2D eigenvalue weighted by Gasteiger charge is 2.68. The third kappa shape index (κ3) is 8.02. The van der Waals surface area contributed by atoms with E-state index < -0.39 is 41.6 Å². The van der Waals surface area contributed by atoms with Crippen LogP contribution in [0.25, 0.3) is 0 Å². The predicted octanol–water partition coefficient (Wildman–Crippen LogP) is 3.20. The van der Waals surface area contributed by atoms with Gasteiger partial charge in [0.1, 0.15) is 11.8 Å². The van der Waals surface area contributed by atoms with E-state index >= 15 is 0 Å². The number of nitrogens with one attached hydrogen (secondary N) is 5. The summed E-state index contributed by atoms with van der Waals surface area (Å²) in [5, 5.41) is 25.8. The molecular weight excluding hydrogens is 635 g/mol. The summed E-state index contributed by atoms with van der Waals surface area (Å²) in [5.41, 5.74) is 1.50. The first-order chi connectivity index (χ1) is 20.7. The second-order valence-corrected chi connectivity index (χ2v) is 14.2. The summed E-state index contributed by atoms with van der Waals surface area (Å²) in [4.78, 5) is 37.2. The summed E-state index contributed by atoms with van der Waals surface area (Å²) in [6, 6.07) is 6.12. The summed E-state index contributed by atoms with van der Waals surface area (Å²) < 4.78 is 19.6. The van der Waals surface area contributed by atoms with E-state index in [0.717, 1.165) is 17.3 Å². The van der Waals surface area contributed by atoms with Gasteiger partial charge in [-0.25, -0.2) is 10.1 Å². The molecule has 1 heterocycles. The fraction of sp³-hybridized carbons (Fsp3) is 0.690. The van der Waals surface area contributed by atoms with Crippen LogP contribution in [-0.4, -0.2) is 66.8 Å². The van der Waals surface area contributed by atoms with Crippen LogP contribution in [0.5, 0.6) is 5.75 Å². The summed E-state index contributed by atoms with van der Waals surface area (Å²) in [6.45, 7) is 10.8. The fourth-order valence-corrected chi connectivity index (χ4v) is 7.20. The maximum absolute atomic E-state index is 13.7.